The van der Waals surface area contributed by atoms with Gasteiger partial charge in [0.1, 0.15) is 17.1 Å². The van der Waals surface area contributed by atoms with Crippen LogP contribution in [0.15, 0.2) is 53.3 Å². The van der Waals surface area contributed by atoms with Crippen LogP contribution >= 0.6 is 0 Å². The molecule has 0 aliphatic heterocycles. The lowest BCUT2D eigenvalue weighted by Crippen LogP contribution is -2.31. The van der Waals surface area contributed by atoms with Gasteiger partial charge in [0.05, 0.1) is 5.39 Å². The summed E-state index contributed by atoms with van der Waals surface area (Å²) < 4.78 is 1.08. The van der Waals surface area contributed by atoms with Gasteiger partial charge in [-0.25, -0.2) is 9.66 Å². The summed E-state index contributed by atoms with van der Waals surface area (Å²) in [6.45, 7) is 0. The largest absolute Gasteiger partial charge is 0.506 e. The number of nitrogens with two attached hydrogens (primary N) is 1. The standard InChI is InChI=1S/C17H17N3O2/c18-20-15(11-4-8-12-6-2-1-3-7-12)19-16-13(17(20)22)9-5-10-14(16)21/h1-3,5-7,9-10,21H,4,8,11,18H2. The van der Waals surface area contributed by atoms with Gasteiger partial charge in [-0.2, -0.15) is 0 Å². The Kier molecular flexibility index (Phi) is 3.78. The summed E-state index contributed by atoms with van der Waals surface area (Å²) in [6, 6.07) is 14.8. The van der Waals surface area contributed by atoms with Crippen molar-refractivity contribution in [3.63, 3.8) is 0 Å². The van der Waals surface area contributed by atoms with Crippen LogP contribution in [0.25, 0.3) is 10.9 Å². The summed E-state index contributed by atoms with van der Waals surface area (Å²) in [6.07, 6.45) is 2.28. The predicted octanol–water partition coefficient (Wildman–Crippen LogP) is 1.99. The Morgan fingerprint density at radius 3 is 2.59 bits per heavy atom. The smallest absolute Gasteiger partial charge is 0.279 e. The fourth-order valence-electron chi connectivity index (χ4n) is 2.52. The number of hydrogen-bond acceptors (Lipinski definition) is 4. The minimum atomic E-state index is -0.337. The first-order valence-electron chi connectivity index (χ1n) is 7.19. The van der Waals surface area contributed by atoms with E-state index in [4.69, 9.17) is 5.84 Å². The van der Waals surface area contributed by atoms with Crippen LogP contribution < -0.4 is 11.4 Å². The molecule has 1 heterocycles. The number of aromatic hydroxyl groups is 1. The van der Waals surface area contributed by atoms with E-state index in [2.05, 4.69) is 17.1 Å². The number of rotatable bonds is 4. The van der Waals surface area contributed by atoms with Gasteiger partial charge >= 0.3 is 0 Å². The molecular weight excluding hydrogens is 278 g/mol. The lowest BCUT2D eigenvalue weighted by atomic mass is 10.1. The molecule has 3 N–H and O–H groups in total. The van der Waals surface area contributed by atoms with Gasteiger partial charge in [0.25, 0.3) is 5.56 Å². The van der Waals surface area contributed by atoms with Crippen LogP contribution in [0.3, 0.4) is 0 Å². The highest BCUT2D eigenvalue weighted by atomic mass is 16.3. The summed E-state index contributed by atoms with van der Waals surface area (Å²) >= 11 is 0. The number of phenolic OH excluding ortho intramolecular Hbond substituents is 1. The minimum absolute atomic E-state index is 0.000454. The molecule has 0 spiro atoms. The molecule has 3 aromatic rings. The van der Waals surface area contributed by atoms with E-state index in [0.717, 1.165) is 17.5 Å². The zero-order chi connectivity index (χ0) is 15.5. The summed E-state index contributed by atoms with van der Waals surface area (Å²) in [4.78, 5) is 16.6. The van der Waals surface area contributed by atoms with E-state index in [1.807, 2.05) is 18.2 Å². The predicted molar refractivity (Wildman–Crippen MR) is 86.3 cm³/mol. The maximum absolute atomic E-state index is 12.2. The van der Waals surface area contributed by atoms with E-state index in [-0.39, 0.29) is 11.3 Å². The molecular formula is C17H17N3O2. The zero-order valence-electron chi connectivity index (χ0n) is 12.1. The summed E-state index contributed by atoms with van der Waals surface area (Å²) in [5.74, 6) is 6.32. The third-order valence-electron chi connectivity index (χ3n) is 3.69. The molecule has 5 nitrogen and oxygen atoms in total. The van der Waals surface area contributed by atoms with Crippen molar-refractivity contribution in [3.8, 4) is 5.75 Å². The minimum Gasteiger partial charge on any atom is -0.506 e. The fraction of sp³-hybridized carbons (Fsp3) is 0.176. The normalized spacial score (nSPS) is 10.9. The van der Waals surface area contributed by atoms with Gasteiger partial charge in [0, 0.05) is 6.42 Å². The highest BCUT2D eigenvalue weighted by molar-refractivity contribution is 5.83. The Bertz CT molecular complexity index is 857. The Balaban J connectivity index is 1.86. The summed E-state index contributed by atoms with van der Waals surface area (Å²) in [5.41, 5.74) is 1.21. The van der Waals surface area contributed by atoms with Crippen LogP contribution in [0, 0.1) is 0 Å². The van der Waals surface area contributed by atoms with E-state index in [0.29, 0.717) is 23.1 Å². The SMILES string of the molecule is Nn1c(CCCc2ccccc2)nc2c(O)cccc2c1=O. The highest BCUT2D eigenvalue weighted by Gasteiger charge is 2.11. The maximum atomic E-state index is 12.2. The van der Waals surface area contributed by atoms with Crippen molar-refractivity contribution >= 4 is 10.9 Å². The molecule has 0 amide bonds. The van der Waals surface area contributed by atoms with Crippen molar-refractivity contribution in [1.29, 1.82) is 0 Å². The molecule has 3 rings (SSSR count). The fourth-order valence-corrected chi connectivity index (χ4v) is 2.52. The molecule has 0 saturated carbocycles. The van der Waals surface area contributed by atoms with Crippen LogP contribution in [0.5, 0.6) is 5.75 Å². The Hall–Kier alpha value is -2.82. The number of hydrogen-bond donors (Lipinski definition) is 2. The lowest BCUT2D eigenvalue weighted by Gasteiger charge is -2.09. The van der Waals surface area contributed by atoms with Gasteiger partial charge < -0.3 is 10.9 Å². The van der Waals surface area contributed by atoms with Crippen LogP contribution in [-0.4, -0.2) is 14.8 Å². The number of aryl methyl sites for hydroxylation is 2. The molecule has 0 atom stereocenters. The number of phenols is 1. The van der Waals surface area contributed by atoms with Crippen molar-refractivity contribution in [1.82, 2.24) is 9.66 Å². The molecule has 112 valence electrons. The van der Waals surface area contributed by atoms with Crippen molar-refractivity contribution in [2.75, 3.05) is 5.84 Å². The average Bonchev–Trinajstić information content (AvgIpc) is 2.54. The average molecular weight is 295 g/mol. The molecule has 0 fully saturated rings. The molecule has 5 heteroatoms. The topological polar surface area (TPSA) is 81.1 Å². The van der Waals surface area contributed by atoms with Gasteiger partial charge in [-0.05, 0) is 30.5 Å². The van der Waals surface area contributed by atoms with Crippen LogP contribution in [0.2, 0.25) is 0 Å². The molecule has 1 aromatic heterocycles. The second kappa shape index (κ2) is 5.89. The van der Waals surface area contributed by atoms with E-state index in [9.17, 15) is 9.90 Å². The molecule has 0 aliphatic carbocycles. The first-order chi connectivity index (χ1) is 10.7. The molecule has 22 heavy (non-hydrogen) atoms. The summed E-state index contributed by atoms with van der Waals surface area (Å²) in [5, 5.41) is 10.2. The second-order valence-corrected chi connectivity index (χ2v) is 5.22. The summed E-state index contributed by atoms with van der Waals surface area (Å²) in [7, 11) is 0. The number of para-hydroxylation sites is 1. The van der Waals surface area contributed by atoms with Gasteiger partial charge in [-0.3, -0.25) is 4.79 Å². The Labute approximate surface area is 127 Å². The molecule has 0 aliphatic rings. The second-order valence-electron chi connectivity index (χ2n) is 5.22. The van der Waals surface area contributed by atoms with E-state index in [1.54, 1.807) is 12.1 Å². The third kappa shape index (κ3) is 2.65. The maximum Gasteiger partial charge on any atom is 0.279 e. The van der Waals surface area contributed by atoms with Crippen molar-refractivity contribution in [2.45, 2.75) is 19.3 Å². The van der Waals surface area contributed by atoms with Crippen molar-refractivity contribution in [3.05, 3.63) is 70.3 Å². The molecule has 2 aromatic carbocycles. The van der Waals surface area contributed by atoms with Crippen molar-refractivity contribution in [2.24, 2.45) is 0 Å². The van der Waals surface area contributed by atoms with Crippen LogP contribution in [0.1, 0.15) is 17.8 Å². The van der Waals surface area contributed by atoms with Crippen molar-refractivity contribution < 1.29 is 5.11 Å². The number of nitrogen functional groups attached to an aromatic ring is 1. The first kappa shape index (κ1) is 14.1. The van der Waals surface area contributed by atoms with Gasteiger partial charge in [-0.15, -0.1) is 0 Å². The number of nitrogens with zero attached hydrogens (tertiary/aromatic N) is 2. The number of aromatic nitrogens is 2. The highest BCUT2D eigenvalue weighted by Crippen LogP contribution is 2.19. The number of benzene rings is 2. The zero-order valence-corrected chi connectivity index (χ0v) is 12.1. The monoisotopic (exact) mass is 295 g/mol. The molecule has 0 unspecified atom stereocenters. The quantitative estimate of drug-likeness (QED) is 0.721. The van der Waals surface area contributed by atoms with Gasteiger partial charge in [-0.1, -0.05) is 36.4 Å². The third-order valence-corrected chi connectivity index (χ3v) is 3.69. The molecule has 0 saturated heterocycles. The Morgan fingerprint density at radius 2 is 1.82 bits per heavy atom. The van der Waals surface area contributed by atoms with E-state index in [1.165, 1.54) is 11.6 Å². The van der Waals surface area contributed by atoms with E-state index >= 15 is 0 Å². The van der Waals surface area contributed by atoms with Crippen LogP contribution in [-0.2, 0) is 12.8 Å². The molecule has 0 radical (unpaired) electrons. The van der Waals surface area contributed by atoms with Gasteiger partial charge in [0.2, 0.25) is 0 Å². The lowest BCUT2D eigenvalue weighted by molar-refractivity contribution is 0.479. The Morgan fingerprint density at radius 1 is 1.05 bits per heavy atom. The molecule has 0 bridgehead atoms. The number of fused-ring (bicyclic) bond motifs is 1. The van der Waals surface area contributed by atoms with Gasteiger partial charge in [0.15, 0.2) is 0 Å². The van der Waals surface area contributed by atoms with E-state index < -0.39 is 0 Å². The van der Waals surface area contributed by atoms with Crippen LogP contribution in [0.4, 0.5) is 0 Å². The first-order valence-corrected chi connectivity index (χ1v) is 7.19.